The number of nitrogens with one attached hydrogen (secondary N) is 1. The molecule has 2 aromatic heterocycles. The van der Waals surface area contributed by atoms with E-state index in [-0.39, 0.29) is 0 Å². The van der Waals surface area contributed by atoms with Gasteiger partial charge in [-0.2, -0.15) is 0 Å². The largest absolute Gasteiger partial charge is 0.413 e. The van der Waals surface area contributed by atoms with Crippen LogP contribution in [0.15, 0.2) is 82.1 Å². The molecule has 6 nitrogen and oxygen atoms in total. The van der Waals surface area contributed by atoms with Crippen molar-refractivity contribution in [2.75, 3.05) is 11.6 Å². The molecule has 0 amide bonds. The second-order valence-electron chi connectivity index (χ2n) is 7.40. The first-order valence-electron chi connectivity index (χ1n) is 10.2. The van der Waals surface area contributed by atoms with Crippen molar-refractivity contribution < 1.29 is 4.42 Å². The summed E-state index contributed by atoms with van der Waals surface area (Å²) in [6.45, 7) is 2.67. The van der Waals surface area contributed by atoms with Crippen molar-refractivity contribution >= 4 is 28.5 Å². The van der Waals surface area contributed by atoms with Crippen LogP contribution in [-0.2, 0) is 6.54 Å². The first-order valence-corrected chi connectivity index (χ1v) is 11.5. The summed E-state index contributed by atoms with van der Waals surface area (Å²) in [6, 6.07) is 24.3. The number of para-hydroxylation sites is 1. The van der Waals surface area contributed by atoms with Crippen LogP contribution in [0, 0.1) is 6.92 Å². The van der Waals surface area contributed by atoms with Crippen LogP contribution in [0.1, 0.15) is 11.1 Å². The summed E-state index contributed by atoms with van der Waals surface area (Å²) in [5.74, 6) is 1.87. The third-order valence-corrected chi connectivity index (χ3v) is 5.85. The van der Waals surface area contributed by atoms with E-state index in [1.807, 2.05) is 55.5 Å². The lowest BCUT2D eigenvalue weighted by Gasteiger charge is -2.10. The number of nitrogens with zero attached hydrogens (tertiary/aromatic N) is 4. The van der Waals surface area contributed by atoms with Gasteiger partial charge in [-0.05, 0) is 55.1 Å². The maximum absolute atomic E-state index is 5.93. The highest BCUT2D eigenvalue weighted by Gasteiger charge is 2.16. The van der Waals surface area contributed by atoms with Gasteiger partial charge >= 0.3 is 0 Å². The Morgan fingerprint density at radius 1 is 0.875 bits per heavy atom. The molecule has 0 spiro atoms. The topological polar surface area (TPSA) is 76.7 Å². The number of fused-ring (bicyclic) bond motifs is 1. The fourth-order valence-corrected chi connectivity index (χ4v) is 3.85. The maximum atomic E-state index is 5.93. The van der Waals surface area contributed by atoms with Crippen LogP contribution in [-0.4, -0.2) is 26.4 Å². The van der Waals surface area contributed by atoms with E-state index >= 15 is 0 Å². The van der Waals surface area contributed by atoms with Crippen molar-refractivity contribution in [3.63, 3.8) is 0 Å². The number of rotatable bonds is 6. The van der Waals surface area contributed by atoms with E-state index in [1.54, 1.807) is 11.8 Å². The fourth-order valence-electron chi connectivity index (χ4n) is 3.44. The standard InChI is InChI=1S/C25H21N5OS/c1-16-6-5-7-18(14-16)24-29-30-25(31-24)23-27-21-9-4-3-8-20(21)22(28-23)26-15-17-10-12-19(32-2)13-11-17/h3-14H,15H2,1-2H3,(H,26,27,28). The van der Waals surface area contributed by atoms with Gasteiger partial charge in [-0.3, -0.25) is 0 Å². The number of aryl methyl sites for hydroxylation is 1. The zero-order chi connectivity index (χ0) is 21.9. The van der Waals surface area contributed by atoms with Crippen molar-refractivity contribution in [1.29, 1.82) is 0 Å². The molecule has 7 heteroatoms. The Morgan fingerprint density at radius 2 is 1.69 bits per heavy atom. The van der Waals surface area contributed by atoms with Crippen LogP contribution in [0.3, 0.4) is 0 Å². The molecule has 0 radical (unpaired) electrons. The molecule has 0 saturated heterocycles. The van der Waals surface area contributed by atoms with Crippen molar-refractivity contribution in [2.45, 2.75) is 18.4 Å². The number of anilines is 1. The average Bonchev–Trinajstić information content (AvgIpc) is 3.33. The van der Waals surface area contributed by atoms with Crippen LogP contribution in [0.2, 0.25) is 0 Å². The van der Waals surface area contributed by atoms with E-state index < -0.39 is 0 Å². The summed E-state index contributed by atoms with van der Waals surface area (Å²) in [5.41, 5.74) is 3.98. The molecule has 158 valence electrons. The molecule has 0 bridgehead atoms. The molecular formula is C25H21N5OS. The maximum Gasteiger partial charge on any atom is 0.286 e. The molecule has 3 aromatic carbocycles. The molecule has 0 aliphatic heterocycles. The monoisotopic (exact) mass is 439 g/mol. The lowest BCUT2D eigenvalue weighted by Crippen LogP contribution is -2.04. The predicted octanol–water partition coefficient (Wildman–Crippen LogP) is 5.99. The van der Waals surface area contributed by atoms with Gasteiger partial charge in [0, 0.05) is 22.4 Å². The molecule has 2 heterocycles. The SMILES string of the molecule is CSc1ccc(CNc2nc(-c3nnc(-c4cccc(C)c4)o3)nc3ccccc23)cc1. The Bertz CT molecular complexity index is 1380. The summed E-state index contributed by atoms with van der Waals surface area (Å²) >= 11 is 1.73. The Morgan fingerprint density at radius 3 is 2.50 bits per heavy atom. The first-order chi connectivity index (χ1) is 15.7. The van der Waals surface area contributed by atoms with Gasteiger partial charge in [0.05, 0.1) is 5.52 Å². The third kappa shape index (κ3) is 4.20. The van der Waals surface area contributed by atoms with E-state index in [4.69, 9.17) is 9.40 Å². The van der Waals surface area contributed by atoms with Gasteiger partial charge in [0.15, 0.2) is 0 Å². The lowest BCUT2D eigenvalue weighted by molar-refractivity contribution is 0.579. The minimum Gasteiger partial charge on any atom is -0.413 e. The number of aromatic nitrogens is 4. The number of thioether (sulfide) groups is 1. The van der Waals surface area contributed by atoms with E-state index in [1.165, 1.54) is 10.5 Å². The van der Waals surface area contributed by atoms with Crippen molar-refractivity contribution in [3.05, 3.63) is 83.9 Å². The van der Waals surface area contributed by atoms with Gasteiger partial charge < -0.3 is 9.73 Å². The number of hydrogen-bond acceptors (Lipinski definition) is 7. The van der Waals surface area contributed by atoms with Crippen LogP contribution in [0.25, 0.3) is 34.1 Å². The Balaban J connectivity index is 1.48. The minimum atomic E-state index is 0.291. The van der Waals surface area contributed by atoms with E-state index in [9.17, 15) is 0 Å². The molecule has 0 atom stereocenters. The van der Waals surface area contributed by atoms with Crippen molar-refractivity contribution in [1.82, 2.24) is 20.2 Å². The van der Waals surface area contributed by atoms with E-state index in [0.717, 1.165) is 27.8 Å². The van der Waals surface area contributed by atoms with Gasteiger partial charge in [0.1, 0.15) is 5.82 Å². The Hall–Kier alpha value is -3.71. The predicted molar refractivity (Wildman–Crippen MR) is 129 cm³/mol. The highest BCUT2D eigenvalue weighted by Crippen LogP contribution is 2.27. The molecule has 0 aliphatic rings. The molecule has 5 aromatic rings. The third-order valence-electron chi connectivity index (χ3n) is 5.10. The van der Waals surface area contributed by atoms with Crippen LogP contribution in [0.5, 0.6) is 0 Å². The van der Waals surface area contributed by atoms with Crippen LogP contribution in [0.4, 0.5) is 5.82 Å². The summed E-state index contributed by atoms with van der Waals surface area (Å²) in [7, 11) is 0. The molecule has 0 saturated carbocycles. The van der Waals surface area contributed by atoms with Crippen LogP contribution < -0.4 is 5.32 Å². The van der Waals surface area contributed by atoms with Gasteiger partial charge in [0.25, 0.3) is 5.89 Å². The van der Waals surface area contributed by atoms with Gasteiger partial charge in [0.2, 0.25) is 11.7 Å². The summed E-state index contributed by atoms with van der Waals surface area (Å²) in [4.78, 5) is 10.6. The van der Waals surface area contributed by atoms with E-state index in [2.05, 4.69) is 51.0 Å². The molecule has 0 aliphatic carbocycles. The Labute approximate surface area is 190 Å². The van der Waals surface area contributed by atoms with Gasteiger partial charge in [-0.15, -0.1) is 22.0 Å². The highest BCUT2D eigenvalue weighted by atomic mass is 32.2. The van der Waals surface area contributed by atoms with Gasteiger partial charge in [-0.1, -0.05) is 42.0 Å². The second kappa shape index (κ2) is 8.80. The smallest absolute Gasteiger partial charge is 0.286 e. The molecule has 1 N–H and O–H groups in total. The molecular weight excluding hydrogens is 418 g/mol. The fraction of sp³-hybridized carbons (Fsp3) is 0.120. The first kappa shape index (κ1) is 20.2. The average molecular weight is 440 g/mol. The minimum absolute atomic E-state index is 0.291. The molecule has 0 fully saturated rings. The zero-order valence-electron chi connectivity index (χ0n) is 17.7. The zero-order valence-corrected chi connectivity index (χ0v) is 18.6. The number of benzene rings is 3. The normalized spacial score (nSPS) is 11.1. The summed E-state index contributed by atoms with van der Waals surface area (Å²) in [6.07, 6.45) is 2.07. The van der Waals surface area contributed by atoms with Crippen molar-refractivity contribution in [3.8, 4) is 23.2 Å². The molecule has 0 unspecified atom stereocenters. The second-order valence-corrected chi connectivity index (χ2v) is 8.28. The highest BCUT2D eigenvalue weighted by molar-refractivity contribution is 7.98. The lowest BCUT2D eigenvalue weighted by atomic mass is 10.1. The van der Waals surface area contributed by atoms with Crippen LogP contribution >= 0.6 is 11.8 Å². The molecule has 32 heavy (non-hydrogen) atoms. The number of hydrogen-bond donors (Lipinski definition) is 1. The Kier molecular flexibility index (Phi) is 5.56. The quantitative estimate of drug-likeness (QED) is 0.326. The van der Waals surface area contributed by atoms with E-state index in [0.29, 0.717) is 24.2 Å². The van der Waals surface area contributed by atoms with Crippen molar-refractivity contribution in [2.24, 2.45) is 0 Å². The van der Waals surface area contributed by atoms with Gasteiger partial charge in [-0.25, -0.2) is 9.97 Å². The summed E-state index contributed by atoms with van der Waals surface area (Å²) < 4.78 is 5.93. The molecule has 5 rings (SSSR count). The summed E-state index contributed by atoms with van der Waals surface area (Å²) in [5, 5.41) is 12.8.